The summed E-state index contributed by atoms with van der Waals surface area (Å²) < 4.78 is 22.7. The van der Waals surface area contributed by atoms with Crippen LogP contribution in [0.5, 0.6) is 11.5 Å². The lowest BCUT2D eigenvalue weighted by Gasteiger charge is -2.26. The van der Waals surface area contributed by atoms with E-state index < -0.39 is 0 Å². The summed E-state index contributed by atoms with van der Waals surface area (Å²) in [6.07, 6.45) is 7.98. The number of benzene rings is 2. The number of anilines is 2. The first-order valence-electron chi connectivity index (χ1n) is 13.9. The number of nitrogens with one attached hydrogen (secondary N) is 2. The van der Waals surface area contributed by atoms with Crippen LogP contribution in [0.2, 0.25) is 0 Å². The van der Waals surface area contributed by atoms with E-state index in [0.29, 0.717) is 30.5 Å². The Morgan fingerprint density at radius 3 is 2.75 bits per heavy atom. The standard InChI is InChI=1S/C30H37N5O5/c1-37-27-18-25-26(19-28(27)40-15-3-11-35-12-16-38-17-13-35)32-21-33-30(25)34-23-8-5-22(6-9-23)7-10-29(36)31-20-24-4-2-14-39-24/h5-10,18-19,21,24H,2-4,11-17,20H2,1H3,(H,31,36)(H,32,33,34)/b10-7+. The van der Waals surface area contributed by atoms with Gasteiger partial charge in [0.1, 0.15) is 12.1 Å². The minimum absolute atomic E-state index is 0.125. The zero-order valence-corrected chi connectivity index (χ0v) is 22.9. The van der Waals surface area contributed by atoms with Gasteiger partial charge in [0, 0.05) is 56.0 Å². The molecular formula is C30H37N5O5. The second kappa shape index (κ2) is 14.1. The number of amides is 1. The van der Waals surface area contributed by atoms with E-state index in [1.54, 1.807) is 19.3 Å². The maximum Gasteiger partial charge on any atom is 0.244 e. The molecule has 2 fully saturated rings. The second-order valence-electron chi connectivity index (χ2n) is 9.86. The van der Waals surface area contributed by atoms with Crippen LogP contribution in [0.15, 0.2) is 48.8 Å². The van der Waals surface area contributed by atoms with Gasteiger partial charge in [0.15, 0.2) is 11.5 Å². The SMILES string of the molecule is COc1cc2c(Nc3ccc(/C=C/C(=O)NCC4CCCO4)cc3)ncnc2cc1OCCCN1CCOCC1. The van der Waals surface area contributed by atoms with Gasteiger partial charge >= 0.3 is 0 Å². The largest absolute Gasteiger partial charge is 0.493 e. The Labute approximate surface area is 234 Å². The normalized spacial score (nSPS) is 17.8. The molecule has 0 bridgehead atoms. The lowest BCUT2D eigenvalue weighted by Crippen LogP contribution is -2.37. The average Bonchev–Trinajstić information content (AvgIpc) is 3.52. The Kier molecular flexibility index (Phi) is 9.78. The minimum atomic E-state index is -0.125. The smallest absolute Gasteiger partial charge is 0.244 e. The highest BCUT2D eigenvalue weighted by atomic mass is 16.5. The molecule has 212 valence electrons. The summed E-state index contributed by atoms with van der Waals surface area (Å²) >= 11 is 0. The van der Waals surface area contributed by atoms with Gasteiger partial charge in [-0.05, 0) is 49.1 Å². The molecule has 2 aliphatic rings. The van der Waals surface area contributed by atoms with Gasteiger partial charge in [-0.15, -0.1) is 0 Å². The predicted octanol–water partition coefficient (Wildman–Crippen LogP) is 3.79. The van der Waals surface area contributed by atoms with Crippen LogP contribution in [-0.4, -0.2) is 86.6 Å². The molecule has 3 aromatic rings. The number of carbonyl (C=O) groups excluding carboxylic acids is 1. The fourth-order valence-corrected chi connectivity index (χ4v) is 4.80. The van der Waals surface area contributed by atoms with E-state index in [4.69, 9.17) is 18.9 Å². The molecule has 40 heavy (non-hydrogen) atoms. The van der Waals surface area contributed by atoms with Crippen molar-refractivity contribution in [1.82, 2.24) is 20.2 Å². The van der Waals surface area contributed by atoms with Gasteiger partial charge in [-0.2, -0.15) is 0 Å². The van der Waals surface area contributed by atoms with Crippen molar-refractivity contribution in [2.45, 2.75) is 25.4 Å². The van der Waals surface area contributed by atoms with E-state index in [-0.39, 0.29) is 12.0 Å². The summed E-state index contributed by atoms with van der Waals surface area (Å²) in [6, 6.07) is 11.6. The van der Waals surface area contributed by atoms with Crippen LogP contribution < -0.4 is 20.1 Å². The number of carbonyl (C=O) groups is 1. The van der Waals surface area contributed by atoms with Crippen molar-refractivity contribution in [3.05, 3.63) is 54.4 Å². The van der Waals surface area contributed by atoms with Crippen molar-refractivity contribution in [2.75, 3.05) is 65.0 Å². The highest BCUT2D eigenvalue weighted by molar-refractivity contribution is 5.93. The molecule has 2 aromatic carbocycles. The van der Waals surface area contributed by atoms with Crippen LogP contribution in [0.3, 0.4) is 0 Å². The molecule has 10 nitrogen and oxygen atoms in total. The van der Waals surface area contributed by atoms with Gasteiger partial charge in [0.25, 0.3) is 0 Å². The summed E-state index contributed by atoms with van der Waals surface area (Å²) in [6.45, 7) is 6.43. The van der Waals surface area contributed by atoms with Crippen LogP contribution in [0.4, 0.5) is 11.5 Å². The van der Waals surface area contributed by atoms with Crippen molar-refractivity contribution in [1.29, 1.82) is 0 Å². The number of morpholine rings is 1. The van der Waals surface area contributed by atoms with Gasteiger partial charge in [-0.25, -0.2) is 9.97 Å². The molecule has 0 aliphatic carbocycles. The van der Waals surface area contributed by atoms with Gasteiger partial charge in [0.05, 0.1) is 38.6 Å². The zero-order chi connectivity index (χ0) is 27.6. The summed E-state index contributed by atoms with van der Waals surface area (Å²) in [4.78, 5) is 23.4. The third-order valence-electron chi connectivity index (χ3n) is 7.03. The number of rotatable bonds is 12. The van der Waals surface area contributed by atoms with Gasteiger partial charge in [0.2, 0.25) is 5.91 Å². The molecule has 0 saturated carbocycles. The van der Waals surface area contributed by atoms with Crippen molar-refractivity contribution in [2.24, 2.45) is 0 Å². The molecule has 1 amide bonds. The molecule has 1 unspecified atom stereocenters. The summed E-state index contributed by atoms with van der Waals surface area (Å²) in [5, 5.41) is 7.09. The van der Waals surface area contributed by atoms with E-state index in [1.165, 1.54) is 6.33 Å². The molecule has 2 aliphatic heterocycles. The van der Waals surface area contributed by atoms with Gasteiger partial charge in [-0.3, -0.25) is 9.69 Å². The second-order valence-corrected chi connectivity index (χ2v) is 9.86. The quantitative estimate of drug-likeness (QED) is 0.259. The molecule has 2 N–H and O–H groups in total. The summed E-state index contributed by atoms with van der Waals surface area (Å²) in [7, 11) is 1.63. The van der Waals surface area contributed by atoms with Crippen LogP contribution in [0.1, 0.15) is 24.8 Å². The molecule has 2 saturated heterocycles. The lowest BCUT2D eigenvalue weighted by molar-refractivity contribution is -0.116. The molecule has 0 radical (unpaired) electrons. The van der Waals surface area contributed by atoms with E-state index in [2.05, 4.69) is 25.5 Å². The van der Waals surface area contributed by atoms with Crippen molar-refractivity contribution < 1.29 is 23.7 Å². The number of ether oxygens (including phenoxy) is 4. The Morgan fingerprint density at radius 2 is 1.98 bits per heavy atom. The van der Waals surface area contributed by atoms with E-state index >= 15 is 0 Å². The van der Waals surface area contributed by atoms with Gasteiger partial charge < -0.3 is 29.6 Å². The van der Waals surface area contributed by atoms with Crippen molar-refractivity contribution in [3.63, 3.8) is 0 Å². The van der Waals surface area contributed by atoms with Crippen LogP contribution in [0, 0.1) is 0 Å². The Hall–Kier alpha value is -3.73. The maximum atomic E-state index is 12.1. The van der Waals surface area contributed by atoms with Crippen LogP contribution in [-0.2, 0) is 14.3 Å². The lowest BCUT2D eigenvalue weighted by atomic mass is 10.1. The first kappa shape index (κ1) is 27.8. The molecule has 1 aromatic heterocycles. The topological polar surface area (TPSA) is 107 Å². The van der Waals surface area contributed by atoms with Crippen molar-refractivity contribution >= 4 is 34.4 Å². The van der Waals surface area contributed by atoms with E-state index in [0.717, 1.165) is 80.9 Å². The predicted molar refractivity (Wildman–Crippen MR) is 154 cm³/mol. The van der Waals surface area contributed by atoms with Crippen LogP contribution in [0.25, 0.3) is 17.0 Å². The molecular weight excluding hydrogens is 510 g/mol. The third-order valence-corrected chi connectivity index (χ3v) is 7.03. The number of methoxy groups -OCH3 is 1. The first-order chi connectivity index (χ1) is 19.7. The highest BCUT2D eigenvalue weighted by Crippen LogP contribution is 2.35. The molecule has 0 spiro atoms. The Balaban J connectivity index is 1.18. The van der Waals surface area contributed by atoms with E-state index in [9.17, 15) is 4.79 Å². The zero-order valence-electron chi connectivity index (χ0n) is 22.9. The molecule has 5 rings (SSSR count). The molecule has 10 heteroatoms. The summed E-state index contributed by atoms with van der Waals surface area (Å²) in [5.41, 5.74) is 2.54. The third kappa shape index (κ3) is 7.68. The number of hydrogen-bond acceptors (Lipinski definition) is 9. The summed E-state index contributed by atoms with van der Waals surface area (Å²) in [5.74, 6) is 1.84. The highest BCUT2D eigenvalue weighted by Gasteiger charge is 2.16. The van der Waals surface area contributed by atoms with E-state index in [1.807, 2.05) is 36.4 Å². The molecule has 1 atom stereocenters. The monoisotopic (exact) mass is 547 g/mol. The number of fused-ring (bicyclic) bond motifs is 1. The minimum Gasteiger partial charge on any atom is -0.493 e. The number of nitrogens with zero attached hydrogens (tertiary/aromatic N) is 3. The molecule has 3 heterocycles. The Bertz CT molecular complexity index is 1290. The first-order valence-corrected chi connectivity index (χ1v) is 13.9. The van der Waals surface area contributed by atoms with Crippen LogP contribution >= 0.6 is 0 Å². The van der Waals surface area contributed by atoms with Crippen molar-refractivity contribution in [3.8, 4) is 11.5 Å². The average molecular weight is 548 g/mol. The number of aromatic nitrogens is 2. The fourth-order valence-electron chi connectivity index (χ4n) is 4.80. The Morgan fingerprint density at radius 1 is 1.12 bits per heavy atom. The fraction of sp³-hybridized carbons (Fsp3) is 0.433. The number of hydrogen-bond donors (Lipinski definition) is 2. The maximum absolute atomic E-state index is 12.1. The van der Waals surface area contributed by atoms with Gasteiger partial charge in [-0.1, -0.05) is 12.1 Å².